The van der Waals surface area contributed by atoms with E-state index in [1.807, 2.05) is 25.1 Å². The molecular weight excluding hydrogens is 404 g/mol. The Morgan fingerprint density at radius 1 is 1.13 bits per heavy atom. The molecule has 2 aliphatic heterocycles. The van der Waals surface area contributed by atoms with E-state index in [1.165, 1.54) is 6.20 Å². The van der Waals surface area contributed by atoms with Gasteiger partial charge in [-0.1, -0.05) is 12.5 Å². The maximum atomic E-state index is 12.7. The maximum Gasteiger partial charge on any atom is 0.244 e. The van der Waals surface area contributed by atoms with Gasteiger partial charge < -0.3 is 9.47 Å². The first-order valence-corrected chi connectivity index (χ1v) is 11.6. The van der Waals surface area contributed by atoms with Crippen LogP contribution in [0.2, 0.25) is 0 Å². The Kier molecular flexibility index (Phi) is 6.19. The smallest absolute Gasteiger partial charge is 0.244 e. The first-order chi connectivity index (χ1) is 14.5. The van der Waals surface area contributed by atoms with Crippen molar-refractivity contribution in [3.05, 3.63) is 42.1 Å². The molecule has 1 fully saturated rings. The molecule has 9 heteroatoms. The number of benzene rings is 1. The fraction of sp³-hybridized carbons (Fsp3) is 0.429. The molecule has 0 radical (unpaired) electrons. The zero-order valence-corrected chi connectivity index (χ0v) is 17.8. The van der Waals surface area contributed by atoms with Crippen molar-refractivity contribution >= 4 is 21.6 Å². The van der Waals surface area contributed by atoms with Crippen LogP contribution < -0.4 is 14.9 Å². The summed E-state index contributed by atoms with van der Waals surface area (Å²) in [5.41, 5.74) is 4.97. The normalized spacial score (nSPS) is 17.2. The number of ether oxygens (including phenoxy) is 2. The molecule has 0 saturated carbocycles. The average molecular weight is 431 g/mol. The van der Waals surface area contributed by atoms with Crippen molar-refractivity contribution in [3.63, 3.8) is 0 Å². The maximum absolute atomic E-state index is 12.7. The third-order valence-electron chi connectivity index (χ3n) is 5.26. The molecular formula is C21H26N4O4S. The Hall–Kier alpha value is -2.65. The summed E-state index contributed by atoms with van der Waals surface area (Å²) < 4.78 is 37.6. The summed E-state index contributed by atoms with van der Waals surface area (Å²) in [6.45, 7) is 3.37. The minimum Gasteiger partial charge on any atom is -0.454 e. The van der Waals surface area contributed by atoms with E-state index >= 15 is 0 Å². The van der Waals surface area contributed by atoms with E-state index in [0.29, 0.717) is 18.9 Å². The number of nitrogens with zero attached hydrogens (tertiary/aromatic N) is 3. The Morgan fingerprint density at radius 2 is 1.93 bits per heavy atom. The van der Waals surface area contributed by atoms with Crippen LogP contribution in [0.3, 0.4) is 0 Å². The third-order valence-corrected chi connectivity index (χ3v) is 7.15. The van der Waals surface area contributed by atoms with Gasteiger partial charge in [0.05, 0.1) is 0 Å². The first-order valence-electron chi connectivity index (χ1n) is 10.2. The molecule has 30 heavy (non-hydrogen) atoms. The van der Waals surface area contributed by atoms with Crippen LogP contribution in [-0.4, -0.2) is 43.3 Å². The Balaban J connectivity index is 1.32. The molecule has 1 aromatic heterocycles. The zero-order valence-electron chi connectivity index (χ0n) is 17.0. The van der Waals surface area contributed by atoms with Gasteiger partial charge in [-0.15, -0.1) is 0 Å². The van der Waals surface area contributed by atoms with E-state index in [-0.39, 0.29) is 11.7 Å². The summed E-state index contributed by atoms with van der Waals surface area (Å²) in [6.07, 6.45) is 5.89. The lowest BCUT2D eigenvalue weighted by molar-refractivity contribution is 0.174. The SMILES string of the molecule is C/C(CCc1ccc2c(c1)OCO2)=N\Nc1ccc(S(=O)(=O)N2CCCCC2)cn1. The highest BCUT2D eigenvalue weighted by atomic mass is 32.2. The van der Waals surface area contributed by atoms with Gasteiger partial charge in [0.15, 0.2) is 11.5 Å². The summed E-state index contributed by atoms with van der Waals surface area (Å²) in [6, 6.07) is 9.16. The molecule has 160 valence electrons. The van der Waals surface area contributed by atoms with Crippen LogP contribution in [0.1, 0.15) is 38.2 Å². The molecule has 0 aliphatic carbocycles. The molecule has 1 N–H and O–H groups in total. The lowest BCUT2D eigenvalue weighted by Crippen LogP contribution is -2.35. The number of aromatic nitrogens is 1. The Morgan fingerprint density at radius 3 is 2.70 bits per heavy atom. The fourth-order valence-electron chi connectivity index (χ4n) is 3.48. The number of aryl methyl sites for hydroxylation is 1. The quantitative estimate of drug-likeness (QED) is 0.535. The molecule has 2 aromatic rings. The molecule has 2 aliphatic rings. The van der Waals surface area contributed by atoms with E-state index in [4.69, 9.17) is 9.47 Å². The third kappa shape index (κ3) is 4.73. The minimum absolute atomic E-state index is 0.221. The van der Waals surface area contributed by atoms with Crippen LogP contribution in [0.5, 0.6) is 11.5 Å². The van der Waals surface area contributed by atoms with Crippen LogP contribution in [-0.2, 0) is 16.4 Å². The van der Waals surface area contributed by atoms with Crippen LogP contribution in [0.15, 0.2) is 46.5 Å². The van der Waals surface area contributed by atoms with Gasteiger partial charge in [0.1, 0.15) is 10.7 Å². The molecule has 0 atom stereocenters. The zero-order chi connectivity index (χ0) is 21.0. The number of rotatable bonds is 7. The molecule has 1 saturated heterocycles. The van der Waals surface area contributed by atoms with Crippen molar-refractivity contribution in [1.82, 2.24) is 9.29 Å². The number of piperidine rings is 1. The fourth-order valence-corrected chi connectivity index (χ4v) is 4.95. The standard InChI is InChI=1S/C21H26N4O4S/c1-16(5-6-17-7-9-19-20(13-17)29-15-28-19)23-24-21-10-8-18(14-22-21)30(26,27)25-11-3-2-4-12-25/h7-10,13-14H,2-6,11-12,15H2,1H3,(H,22,24)/b23-16+. The van der Waals surface area contributed by atoms with Gasteiger partial charge in [0.25, 0.3) is 0 Å². The first kappa shape index (κ1) is 20.6. The van der Waals surface area contributed by atoms with Crippen molar-refractivity contribution in [2.75, 3.05) is 25.3 Å². The minimum atomic E-state index is -3.47. The largest absolute Gasteiger partial charge is 0.454 e. The number of pyridine rings is 1. The summed E-state index contributed by atoms with van der Waals surface area (Å²) >= 11 is 0. The molecule has 0 bridgehead atoms. The van der Waals surface area contributed by atoms with Gasteiger partial charge in [-0.25, -0.2) is 13.4 Å². The monoisotopic (exact) mass is 430 g/mol. The van der Waals surface area contributed by atoms with Gasteiger partial charge in [-0.3, -0.25) is 5.43 Å². The molecule has 0 spiro atoms. The second kappa shape index (κ2) is 9.01. The number of hydrogen-bond donors (Lipinski definition) is 1. The summed E-state index contributed by atoms with van der Waals surface area (Å²) in [5.74, 6) is 2.07. The molecule has 3 heterocycles. The van der Waals surface area contributed by atoms with Gasteiger partial charge in [-0.05, 0) is 62.4 Å². The van der Waals surface area contributed by atoms with Crippen molar-refractivity contribution in [3.8, 4) is 11.5 Å². The molecule has 8 nitrogen and oxygen atoms in total. The average Bonchev–Trinajstić information content (AvgIpc) is 3.25. The van der Waals surface area contributed by atoms with E-state index in [9.17, 15) is 8.42 Å². The van der Waals surface area contributed by atoms with Crippen LogP contribution >= 0.6 is 0 Å². The number of hydrogen-bond acceptors (Lipinski definition) is 7. The molecule has 0 unspecified atom stereocenters. The summed E-state index contributed by atoms with van der Waals surface area (Å²) in [7, 11) is -3.47. The predicted octanol–water partition coefficient (Wildman–Crippen LogP) is 3.41. The molecule has 0 amide bonds. The van der Waals surface area contributed by atoms with E-state index in [1.54, 1.807) is 16.4 Å². The number of hydrazone groups is 1. The summed E-state index contributed by atoms with van der Waals surface area (Å²) in [5, 5.41) is 4.35. The van der Waals surface area contributed by atoms with Crippen molar-refractivity contribution in [1.29, 1.82) is 0 Å². The molecule has 1 aromatic carbocycles. The van der Waals surface area contributed by atoms with Gasteiger partial charge in [0.2, 0.25) is 16.8 Å². The van der Waals surface area contributed by atoms with Gasteiger partial charge in [0, 0.05) is 25.0 Å². The second-order valence-corrected chi connectivity index (χ2v) is 9.43. The predicted molar refractivity (Wildman–Crippen MR) is 114 cm³/mol. The topological polar surface area (TPSA) is 93.1 Å². The lowest BCUT2D eigenvalue weighted by atomic mass is 10.1. The number of fused-ring (bicyclic) bond motifs is 1. The summed E-state index contributed by atoms with van der Waals surface area (Å²) in [4.78, 5) is 4.44. The van der Waals surface area contributed by atoms with Gasteiger partial charge >= 0.3 is 0 Å². The number of nitrogens with one attached hydrogen (secondary N) is 1. The van der Waals surface area contributed by atoms with Crippen molar-refractivity contribution in [2.24, 2.45) is 5.10 Å². The highest BCUT2D eigenvalue weighted by molar-refractivity contribution is 7.89. The Bertz CT molecular complexity index is 1020. The van der Waals surface area contributed by atoms with Gasteiger partial charge in [-0.2, -0.15) is 9.41 Å². The second-order valence-electron chi connectivity index (χ2n) is 7.49. The van der Waals surface area contributed by atoms with E-state index in [2.05, 4.69) is 15.5 Å². The number of anilines is 1. The van der Waals surface area contributed by atoms with Crippen molar-refractivity contribution < 1.29 is 17.9 Å². The number of sulfonamides is 1. The molecule has 4 rings (SSSR count). The van der Waals surface area contributed by atoms with Crippen molar-refractivity contribution in [2.45, 2.75) is 43.9 Å². The highest BCUT2D eigenvalue weighted by Crippen LogP contribution is 2.32. The lowest BCUT2D eigenvalue weighted by Gasteiger charge is -2.25. The van der Waals surface area contributed by atoms with E-state index in [0.717, 1.165) is 54.9 Å². The van der Waals surface area contributed by atoms with Crippen LogP contribution in [0, 0.1) is 0 Å². The van der Waals surface area contributed by atoms with Crippen LogP contribution in [0.25, 0.3) is 0 Å². The Labute approximate surface area is 177 Å². The van der Waals surface area contributed by atoms with Crippen LogP contribution in [0.4, 0.5) is 5.82 Å². The highest BCUT2D eigenvalue weighted by Gasteiger charge is 2.26. The van der Waals surface area contributed by atoms with E-state index < -0.39 is 10.0 Å².